The van der Waals surface area contributed by atoms with Gasteiger partial charge in [0.15, 0.2) is 0 Å². The minimum absolute atomic E-state index is 0.189. The number of carbonyl (C=O) groups excluding carboxylic acids is 1. The van der Waals surface area contributed by atoms with Crippen molar-refractivity contribution >= 4 is 5.78 Å². The van der Waals surface area contributed by atoms with Crippen LogP contribution in [0.15, 0.2) is 24.3 Å². The van der Waals surface area contributed by atoms with Crippen LogP contribution in [0.4, 0.5) is 0 Å². The van der Waals surface area contributed by atoms with Crippen molar-refractivity contribution in [1.82, 2.24) is 0 Å². The van der Waals surface area contributed by atoms with E-state index >= 15 is 0 Å². The highest BCUT2D eigenvalue weighted by Crippen LogP contribution is 2.49. The van der Waals surface area contributed by atoms with Crippen LogP contribution in [-0.4, -0.2) is 11.9 Å². The molecule has 0 heterocycles. The lowest BCUT2D eigenvalue weighted by atomic mass is 9.59. The maximum absolute atomic E-state index is 11.6. The highest BCUT2D eigenvalue weighted by Gasteiger charge is 2.47. The number of hydrogen-bond donors (Lipinski definition) is 0. The van der Waals surface area contributed by atoms with Gasteiger partial charge in [0.2, 0.25) is 0 Å². The number of carbonyl (C=O) groups is 1. The first-order chi connectivity index (χ1) is 9.57. The first-order valence-corrected chi connectivity index (χ1v) is 7.87. The van der Waals surface area contributed by atoms with Crippen molar-refractivity contribution in [1.29, 1.82) is 0 Å². The molecule has 2 nitrogen and oxygen atoms in total. The van der Waals surface area contributed by atoms with Crippen molar-refractivity contribution in [3.63, 3.8) is 0 Å². The molecule has 2 heteroatoms. The molecule has 0 aromatic heterocycles. The smallest absolute Gasteiger partial charge is 0.139 e. The standard InChI is InChI=1S/C18H24O2/c1-18(2)16(12-17(18)19)13-8-10-15(11-9-13)20-14-6-4-3-5-7-14/h8-11,14,16H,3-7,12H2,1-2H3. The summed E-state index contributed by atoms with van der Waals surface area (Å²) in [4.78, 5) is 11.6. The van der Waals surface area contributed by atoms with Crippen LogP contribution in [0.5, 0.6) is 5.75 Å². The van der Waals surface area contributed by atoms with E-state index in [0.717, 1.165) is 5.75 Å². The van der Waals surface area contributed by atoms with E-state index in [9.17, 15) is 4.79 Å². The van der Waals surface area contributed by atoms with Crippen molar-refractivity contribution in [3.05, 3.63) is 29.8 Å². The SMILES string of the molecule is CC1(C)C(=O)CC1c1ccc(OC2CCCCC2)cc1. The topological polar surface area (TPSA) is 26.3 Å². The molecular weight excluding hydrogens is 248 g/mol. The fourth-order valence-corrected chi connectivity index (χ4v) is 3.46. The number of Topliss-reactive ketones (excluding diaryl/α,β-unsaturated/α-hetero) is 1. The summed E-state index contributed by atoms with van der Waals surface area (Å²) in [5, 5.41) is 0. The maximum atomic E-state index is 11.6. The van der Waals surface area contributed by atoms with E-state index in [2.05, 4.69) is 38.1 Å². The van der Waals surface area contributed by atoms with Gasteiger partial charge in [0, 0.05) is 17.8 Å². The van der Waals surface area contributed by atoms with Gasteiger partial charge in [-0.15, -0.1) is 0 Å². The molecule has 3 rings (SSSR count). The van der Waals surface area contributed by atoms with Gasteiger partial charge in [-0.25, -0.2) is 0 Å². The molecule has 2 fully saturated rings. The molecule has 2 aliphatic carbocycles. The second-order valence-electron chi connectivity index (χ2n) is 6.85. The Morgan fingerprint density at radius 3 is 2.25 bits per heavy atom. The molecule has 1 aromatic rings. The molecule has 0 N–H and O–H groups in total. The summed E-state index contributed by atoms with van der Waals surface area (Å²) in [6.45, 7) is 4.10. The Kier molecular flexibility index (Phi) is 3.57. The largest absolute Gasteiger partial charge is 0.490 e. The summed E-state index contributed by atoms with van der Waals surface area (Å²) in [6, 6.07) is 8.42. The third-order valence-electron chi connectivity index (χ3n) is 5.12. The third kappa shape index (κ3) is 2.48. The highest BCUT2D eigenvalue weighted by molar-refractivity contribution is 5.92. The second kappa shape index (κ2) is 5.23. The van der Waals surface area contributed by atoms with E-state index in [1.165, 1.54) is 37.7 Å². The summed E-state index contributed by atoms with van der Waals surface area (Å²) in [5.74, 6) is 1.73. The average molecular weight is 272 g/mol. The number of ketones is 1. The molecule has 1 aromatic carbocycles. The van der Waals surface area contributed by atoms with Gasteiger partial charge in [0.1, 0.15) is 11.5 Å². The van der Waals surface area contributed by atoms with Crippen LogP contribution >= 0.6 is 0 Å². The molecule has 1 atom stereocenters. The van der Waals surface area contributed by atoms with Gasteiger partial charge in [-0.2, -0.15) is 0 Å². The molecule has 108 valence electrons. The fourth-order valence-electron chi connectivity index (χ4n) is 3.46. The van der Waals surface area contributed by atoms with Crippen LogP contribution in [0.25, 0.3) is 0 Å². The zero-order chi connectivity index (χ0) is 14.2. The van der Waals surface area contributed by atoms with Gasteiger partial charge < -0.3 is 4.74 Å². The Labute approximate surface area is 121 Å². The maximum Gasteiger partial charge on any atom is 0.139 e. The van der Waals surface area contributed by atoms with E-state index in [-0.39, 0.29) is 5.41 Å². The Hall–Kier alpha value is -1.31. The van der Waals surface area contributed by atoms with Crippen LogP contribution in [0.2, 0.25) is 0 Å². The van der Waals surface area contributed by atoms with Crippen LogP contribution in [0.1, 0.15) is 63.9 Å². The molecule has 2 aliphatic rings. The first-order valence-electron chi connectivity index (χ1n) is 7.87. The molecule has 0 saturated heterocycles. The zero-order valence-corrected chi connectivity index (χ0v) is 12.5. The summed E-state index contributed by atoms with van der Waals surface area (Å²) in [5.41, 5.74) is 1.08. The van der Waals surface area contributed by atoms with Crippen LogP contribution < -0.4 is 4.74 Å². The second-order valence-corrected chi connectivity index (χ2v) is 6.85. The molecule has 20 heavy (non-hydrogen) atoms. The van der Waals surface area contributed by atoms with Gasteiger partial charge in [-0.1, -0.05) is 32.4 Å². The minimum Gasteiger partial charge on any atom is -0.490 e. The highest BCUT2D eigenvalue weighted by atomic mass is 16.5. The van der Waals surface area contributed by atoms with Crippen LogP contribution in [-0.2, 0) is 4.79 Å². The Balaban J connectivity index is 1.64. The van der Waals surface area contributed by atoms with Crippen molar-refractivity contribution in [2.75, 3.05) is 0 Å². The lowest BCUT2D eigenvalue weighted by molar-refractivity contribution is -0.137. The Morgan fingerprint density at radius 2 is 1.70 bits per heavy atom. The number of ether oxygens (including phenoxy) is 1. The van der Waals surface area contributed by atoms with Crippen molar-refractivity contribution in [3.8, 4) is 5.75 Å². The Bertz CT molecular complexity index is 481. The summed E-state index contributed by atoms with van der Waals surface area (Å²) in [7, 11) is 0. The minimum atomic E-state index is -0.189. The normalized spacial score (nSPS) is 26.1. The monoisotopic (exact) mass is 272 g/mol. The molecule has 2 saturated carbocycles. The lowest BCUT2D eigenvalue weighted by Gasteiger charge is -2.42. The predicted molar refractivity (Wildman–Crippen MR) is 80.1 cm³/mol. The van der Waals surface area contributed by atoms with Gasteiger partial charge in [-0.05, 0) is 43.4 Å². The quantitative estimate of drug-likeness (QED) is 0.811. The summed E-state index contributed by atoms with van der Waals surface area (Å²) >= 11 is 0. The molecule has 0 aliphatic heterocycles. The predicted octanol–water partition coefficient (Wildman–Crippen LogP) is 4.48. The average Bonchev–Trinajstić information content (AvgIpc) is 2.47. The van der Waals surface area contributed by atoms with E-state index in [1.807, 2.05) is 0 Å². The molecule has 0 bridgehead atoms. The van der Waals surface area contributed by atoms with Crippen LogP contribution in [0, 0.1) is 5.41 Å². The lowest BCUT2D eigenvalue weighted by Crippen LogP contribution is -2.43. The first kappa shape index (κ1) is 13.7. The van der Waals surface area contributed by atoms with E-state index < -0.39 is 0 Å². The molecule has 0 amide bonds. The van der Waals surface area contributed by atoms with Crippen molar-refractivity contribution < 1.29 is 9.53 Å². The van der Waals surface area contributed by atoms with E-state index in [0.29, 0.717) is 24.2 Å². The van der Waals surface area contributed by atoms with Crippen LogP contribution in [0.3, 0.4) is 0 Å². The zero-order valence-electron chi connectivity index (χ0n) is 12.5. The molecule has 0 spiro atoms. The summed E-state index contributed by atoms with van der Waals surface area (Å²) in [6.07, 6.45) is 7.40. The van der Waals surface area contributed by atoms with Gasteiger partial charge in [-0.3, -0.25) is 4.79 Å². The summed E-state index contributed by atoms with van der Waals surface area (Å²) < 4.78 is 6.05. The molecular formula is C18H24O2. The van der Waals surface area contributed by atoms with Gasteiger partial charge in [0.05, 0.1) is 6.10 Å². The number of benzene rings is 1. The van der Waals surface area contributed by atoms with Gasteiger partial charge in [0.25, 0.3) is 0 Å². The van der Waals surface area contributed by atoms with E-state index in [1.54, 1.807) is 0 Å². The number of rotatable bonds is 3. The van der Waals surface area contributed by atoms with Gasteiger partial charge >= 0.3 is 0 Å². The van der Waals surface area contributed by atoms with Crippen molar-refractivity contribution in [2.24, 2.45) is 5.41 Å². The molecule has 0 radical (unpaired) electrons. The third-order valence-corrected chi connectivity index (χ3v) is 5.12. The Morgan fingerprint density at radius 1 is 1.05 bits per heavy atom. The van der Waals surface area contributed by atoms with Crippen molar-refractivity contribution in [2.45, 2.75) is 64.4 Å². The number of hydrogen-bond acceptors (Lipinski definition) is 2. The molecule has 1 unspecified atom stereocenters. The fraction of sp³-hybridized carbons (Fsp3) is 0.611. The van der Waals surface area contributed by atoms with E-state index in [4.69, 9.17) is 4.74 Å².